The van der Waals surface area contributed by atoms with Crippen LogP contribution in [0.2, 0.25) is 0 Å². The molecule has 120 valence electrons. The van der Waals surface area contributed by atoms with Gasteiger partial charge in [-0.2, -0.15) is 0 Å². The number of rotatable bonds is 9. The first kappa shape index (κ1) is 18.0. The van der Waals surface area contributed by atoms with E-state index in [1.807, 2.05) is 6.07 Å². The summed E-state index contributed by atoms with van der Waals surface area (Å²) in [7, 11) is -3.31. The van der Waals surface area contributed by atoms with Crippen LogP contribution < -0.4 is 9.88 Å². The highest BCUT2D eigenvalue weighted by molar-refractivity contribution is 7.89. The maximum Gasteiger partial charge on any atom is 0.209 e. The first-order valence-corrected chi connectivity index (χ1v) is 9.25. The third-order valence-electron chi connectivity index (χ3n) is 3.46. The zero-order valence-corrected chi connectivity index (χ0v) is 14.1. The molecule has 0 amide bonds. The number of benzene rings is 1. The smallest absolute Gasteiger partial charge is 0.209 e. The van der Waals surface area contributed by atoms with Crippen molar-refractivity contribution in [2.24, 2.45) is 5.14 Å². The number of primary sulfonamides is 1. The summed E-state index contributed by atoms with van der Waals surface area (Å²) in [6.07, 6.45) is 3.38. The van der Waals surface area contributed by atoms with Gasteiger partial charge < -0.3 is 4.74 Å². The van der Waals surface area contributed by atoms with Gasteiger partial charge in [0, 0.05) is 0 Å². The number of aryl methyl sites for hydroxylation is 1. The molecule has 1 rings (SSSR count). The highest BCUT2D eigenvalue weighted by Gasteiger charge is 2.05. The van der Waals surface area contributed by atoms with Gasteiger partial charge in [0.05, 0.1) is 12.4 Å². The van der Waals surface area contributed by atoms with E-state index in [-0.39, 0.29) is 5.75 Å². The van der Waals surface area contributed by atoms with Crippen LogP contribution in [-0.4, -0.2) is 20.8 Å². The van der Waals surface area contributed by atoms with E-state index < -0.39 is 10.0 Å². The van der Waals surface area contributed by atoms with Crippen LogP contribution in [0, 0.1) is 6.92 Å². The van der Waals surface area contributed by atoms with Crippen molar-refractivity contribution in [3.63, 3.8) is 0 Å². The van der Waals surface area contributed by atoms with E-state index in [9.17, 15) is 8.42 Å². The predicted octanol–water partition coefficient (Wildman–Crippen LogP) is 3.35. The van der Waals surface area contributed by atoms with Crippen molar-refractivity contribution in [3.05, 3.63) is 29.3 Å². The monoisotopic (exact) mass is 313 g/mol. The second kappa shape index (κ2) is 8.39. The summed E-state index contributed by atoms with van der Waals surface area (Å²) in [4.78, 5) is 0. The summed E-state index contributed by atoms with van der Waals surface area (Å²) < 4.78 is 27.3. The largest absolute Gasteiger partial charge is 0.494 e. The molecule has 4 nitrogen and oxygen atoms in total. The zero-order valence-electron chi connectivity index (χ0n) is 13.3. The molecule has 1 aromatic rings. The molecule has 0 heterocycles. The molecule has 0 aliphatic rings. The van der Waals surface area contributed by atoms with Crippen molar-refractivity contribution in [2.45, 2.75) is 52.4 Å². The Bertz CT molecular complexity index is 538. The topological polar surface area (TPSA) is 69.4 Å². The summed E-state index contributed by atoms with van der Waals surface area (Å²) in [5.74, 6) is 1.50. The average molecular weight is 313 g/mol. The SMILES string of the molecule is Cc1cc(OCCCCCCS(N)(=O)=O)ccc1C(C)C. The van der Waals surface area contributed by atoms with Crippen molar-refractivity contribution < 1.29 is 13.2 Å². The number of hydrogen-bond acceptors (Lipinski definition) is 3. The highest BCUT2D eigenvalue weighted by Crippen LogP contribution is 2.23. The summed E-state index contributed by atoms with van der Waals surface area (Å²) in [6, 6.07) is 6.22. The number of nitrogens with two attached hydrogens (primary N) is 1. The van der Waals surface area contributed by atoms with Crippen molar-refractivity contribution in [3.8, 4) is 5.75 Å². The maximum atomic E-state index is 10.8. The van der Waals surface area contributed by atoms with E-state index in [0.29, 0.717) is 18.9 Å². The van der Waals surface area contributed by atoms with Gasteiger partial charge in [-0.15, -0.1) is 0 Å². The van der Waals surface area contributed by atoms with Crippen LogP contribution in [0.3, 0.4) is 0 Å². The lowest BCUT2D eigenvalue weighted by atomic mass is 9.98. The molecule has 0 radical (unpaired) electrons. The molecule has 21 heavy (non-hydrogen) atoms. The molecule has 1 aromatic carbocycles. The molecule has 0 aliphatic carbocycles. The molecule has 0 unspecified atom stereocenters. The fourth-order valence-corrected chi connectivity index (χ4v) is 2.94. The summed E-state index contributed by atoms with van der Waals surface area (Å²) in [5.41, 5.74) is 2.61. The zero-order chi connectivity index (χ0) is 15.9. The van der Waals surface area contributed by atoms with E-state index in [1.54, 1.807) is 0 Å². The average Bonchev–Trinajstić information content (AvgIpc) is 2.36. The van der Waals surface area contributed by atoms with Gasteiger partial charge in [-0.1, -0.05) is 32.8 Å². The molecular formula is C16H27NO3S. The minimum atomic E-state index is -3.31. The van der Waals surface area contributed by atoms with Crippen molar-refractivity contribution in [1.82, 2.24) is 0 Å². The van der Waals surface area contributed by atoms with E-state index in [0.717, 1.165) is 25.0 Å². The lowest BCUT2D eigenvalue weighted by Gasteiger charge is -2.12. The molecular weight excluding hydrogens is 286 g/mol. The van der Waals surface area contributed by atoms with Crippen LogP contribution in [0.4, 0.5) is 0 Å². The number of ether oxygens (including phenoxy) is 1. The number of hydrogen-bond donors (Lipinski definition) is 1. The van der Waals surface area contributed by atoms with Gasteiger partial charge in [0.15, 0.2) is 0 Å². The van der Waals surface area contributed by atoms with Gasteiger partial charge in [-0.3, -0.25) is 0 Å². The first-order chi connectivity index (χ1) is 9.79. The van der Waals surface area contributed by atoms with E-state index in [4.69, 9.17) is 9.88 Å². The van der Waals surface area contributed by atoms with Crippen LogP contribution in [0.1, 0.15) is 56.6 Å². The van der Waals surface area contributed by atoms with Gasteiger partial charge in [0.2, 0.25) is 10.0 Å². The van der Waals surface area contributed by atoms with E-state index >= 15 is 0 Å². The third-order valence-corrected chi connectivity index (χ3v) is 4.31. The molecule has 0 fully saturated rings. The van der Waals surface area contributed by atoms with Crippen molar-refractivity contribution in [2.75, 3.05) is 12.4 Å². The Balaban J connectivity index is 2.23. The molecule has 0 aliphatic heterocycles. The Morgan fingerprint density at radius 3 is 2.38 bits per heavy atom. The second-order valence-electron chi connectivity index (χ2n) is 5.80. The van der Waals surface area contributed by atoms with Gasteiger partial charge in [-0.25, -0.2) is 13.6 Å². The second-order valence-corrected chi connectivity index (χ2v) is 7.54. The molecule has 0 aromatic heterocycles. The van der Waals surface area contributed by atoms with Gasteiger partial charge in [-0.05, 0) is 48.9 Å². The Labute approximate surface area is 128 Å². The summed E-state index contributed by atoms with van der Waals surface area (Å²) >= 11 is 0. The van der Waals surface area contributed by atoms with Crippen molar-refractivity contribution in [1.29, 1.82) is 0 Å². The molecule has 2 N–H and O–H groups in total. The Kier molecular flexibility index (Phi) is 7.18. The summed E-state index contributed by atoms with van der Waals surface area (Å²) in [5, 5.41) is 4.95. The predicted molar refractivity (Wildman–Crippen MR) is 87.2 cm³/mol. The molecule has 0 spiro atoms. The van der Waals surface area contributed by atoms with Crippen molar-refractivity contribution >= 4 is 10.0 Å². The van der Waals surface area contributed by atoms with Crippen LogP contribution >= 0.6 is 0 Å². The Hall–Kier alpha value is -1.07. The van der Waals surface area contributed by atoms with Crippen LogP contribution in [0.25, 0.3) is 0 Å². The molecule has 0 bridgehead atoms. The standard InChI is InChI=1S/C16H27NO3S/c1-13(2)16-9-8-15(12-14(16)3)20-10-6-4-5-7-11-21(17,18)19/h8-9,12-13H,4-7,10-11H2,1-3H3,(H2,17,18,19). The first-order valence-electron chi connectivity index (χ1n) is 7.53. The highest BCUT2D eigenvalue weighted by atomic mass is 32.2. The van der Waals surface area contributed by atoms with E-state index in [2.05, 4.69) is 32.9 Å². The minimum Gasteiger partial charge on any atom is -0.494 e. The summed E-state index contributed by atoms with van der Waals surface area (Å²) in [6.45, 7) is 7.14. The Morgan fingerprint density at radius 1 is 1.14 bits per heavy atom. The molecule has 0 atom stereocenters. The van der Waals surface area contributed by atoms with Gasteiger partial charge in [0.25, 0.3) is 0 Å². The van der Waals surface area contributed by atoms with Gasteiger partial charge in [0.1, 0.15) is 5.75 Å². The quantitative estimate of drug-likeness (QED) is 0.711. The lowest BCUT2D eigenvalue weighted by molar-refractivity contribution is 0.305. The lowest BCUT2D eigenvalue weighted by Crippen LogP contribution is -2.16. The fraction of sp³-hybridized carbons (Fsp3) is 0.625. The van der Waals surface area contributed by atoms with Crippen LogP contribution in [0.15, 0.2) is 18.2 Å². The molecule has 0 saturated carbocycles. The fourth-order valence-electron chi connectivity index (χ4n) is 2.33. The molecule has 5 heteroatoms. The van der Waals surface area contributed by atoms with Crippen LogP contribution in [0.5, 0.6) is 5.75 Å². The third kappa shape index (κ3) is 7.48. The normalized spacial score (nSPS) is 11.9. The number of sulfonamides is 1. The van der Waals surface area contributed by atoms with Gasteiger partial charge >= 0.3 is 0 Å². The van der Waals surface area contributed by atoms with Crippen LogP contribution in [-0.2, 0) is 10.0 Å². The van der Waals surface area contributed by atoms with E-state index in [1.165, 1.54) is 11.1 Å². The maximum absolute atomic E-state index is 10.8. The Morgan fingerprint density at radius 2 is 1.81 bits per heavy atom. The number of unbranched alkanes of at least 4 members (excludes halogenated alkanes) is 3. The minimum absolute atomic E-state index is 0.0731. The molecule has 0 saturated heterocycles.